The van der Waals surface area contributed by atoms with E-state index in [1.54, 1.807) is 3.21 Å². The van der Waals surface area contributed by atoms with E-state index in [0.29, 0.717) is 0 Å². The van der Waals surface area contributed by atoms with Crippen LogP contribution in [0, 0.1) is 0 Å². The Bertz CT molecular complexity index is 520. The third kappa shape index (κ3) is 4.41. The van der Waals surface area contributed by atoms with Crippen LogP contribution in [0.4, 0.5) is 0 Å². The Kier molecular flexibility index (Phi) is 10.5. The van der Waals surface area contributed by atoms with Crippen LogP contribution in [-0.4, -0.2) is 22.9 Å². The van der Waals surface area contributed by atoms with Gasteiger partial charge in [-0.05, 0) is 0 Å². The summed E-state index contributed by atoms with van der Waals surface area (Å²) in [7, 11) is 1.50. The average Bonchev–Trinajstić information content (AvgIpc) is 3.17. The molecular formula is C17H28O2SiZr. The first-order chi connectivity index (χ1) is 10.1. The van der Waals surface area contributed by atoms with Gasteiger partial charge in [0.25, 0.3) is 0 Å². The Morgan fingerprint density at radius 1 is 0.905 bits per heavy atom. The molecule has 0 saturated heterocycles. The van der Waals surface area contributed by atoms with Crippen LogP contribution in [0.25, 0.3) is 0 Å². The summed E-state index contributed by atoms with van der Waals surface area (Å²) in [6.07, 6.45) is 16.6. The van der Waals surface area contributed by atoms with Gasteiger partial charge in [-0.1, -0.05) is 0 Å². The SMILES string of the molecule is C[C](C)=[Zr+2]([C]1=CC=CC1)([C]1=CC=CC1)=[Si](C)C.C[O-].C[O-]. The van der Waals surface area contributed by atoms with Gasteiger partial charge in [0.05, 0.1) is 0 Å². The van der Waals surface area contributed by atoms with Crippen LogP contribution in [0.2, 0.25) is 13.1 Å². The van der Waals surface area contributed by atoms with Gasteiger partial charge in [0.15, 0.2) is 0 Å². The molecule has 0 N–H and O–H groups in total. The molecule has 2 aliphatic carbocycles. The Morgan fingerprint density at radius 3 is 1.48 bits per heavy atom. The monoisotopic (exact) mass is 382 g/mol. The van der Waals surface area contributed by atoms with E-state index in [1.807, 2.05) is 6.56 Å². The second-order valence-electron chi connectivity index (χ2n) is 5.40. The van der Waals surface area contributed by atoms with Crippen molar-refractivity contribution in [1.29, 1.82) is 0 Å². The van der Waals surface area contributed by atoms with Gasteiger partial charge in [-0.15, -0.1) is 0 Å². The molecule has 0 bridgehead atoms. The Morgan fingerprint density at radius 2 is 1.29 bits per heavy atom. The minimum atomic E-state index is -2.36. The summed E-state index contributed by atoms with van der Waals surface area (Å²) in [5, 5.41) is 16.5. The number of hydrogen-bond donors (Lipinski definition) is 0. The molecule has 0 fully saturated rings. The number of rotatable bonds is 2. The first kappa shape index (κ1) is 20.9. The molecule has 0 heterocycles. The molecule has 21 heavy (non-hydrogen) atoms. The van der Waals surface area contributed by atoms with Gasteiger partial charge >= 0.3 is 110 Å². The molecule has 0 atom stereocenters. The summed E-state index contributed by atoms with van der Waals surface area (Å²) in [5.41, 5.74) is -0.241. The van der Waals surface area contributed by atoms with Gasteiger partial charge < -0.3 is 10.2 Å². The van der Waals surface area contributed by atoms with Crippen molar-refractivity contribution in [3.63, 3.8) is 0 Å². The van der Waals surface area contributed by atoms with Crippen molar-refractivity contribution < 1.29 is 28.6 Å². The minimum Gasteiger partial charge on any atom is -0.857 e. The smallest absolute Gasteiger partial charge is 0.153 e. The van der Waals surface area contributed by atoms with E-state index in [2.05, 4.69) is 63.4 Å². The Labute approximate surface area is 134 Å². The summed E-state index contributed by atoms with van der Waals surface area (Å²) in [6, 6.07) is 0. The van der Waals surface area contributed by atoms with Gasteiger partial charge in [0.1, 0.15) is 0 Å². The van der Waals surface area contributed by atoms with E-state index in [-0.39, 0.29) is 5.43 Å². The topological polar surface area (TPSA) is 46.1 Å². The zero-order chi connectivity index (χ0) is 16.5. The second kappa shape index (κ2) is 10.6. The first-order valence-electron chi connectivity index (χ1n) is 7.25. The fourth-order valence-corrected chi connectivity index (χ4v) is 32.7. The van der Waals surface area contributed by atoms with Crippen LogP contribution < -0.4 is 10.2 Å². The van der Waals surface area contributed by atoms with Crippen molar-refractivity contribution in [3.8, 4) is 0 Å². The zero-order valence-corrected chi connectivity index (χ0v) is 17.7. The van der Waals surface area contributed by atoms with E-state index >= 15 is 0 Å². The summed E-state index contributed by atoms with van der Waals surface area (Å²) in [4.78, 5) is 0. The summed E-state index contributed by atoms with van der Waals surface area (Å²) in [6.45, 7) is 9.91. The molecule has 0 aromatic rings. The molecular weight excluding hydrogens is 355 g/mol. The van der Waals surface area contributed by atoms with Crippen LogP contribution in [-0.2, 0) is 18.4 Å². The van der Waals surface area contributed by atoms with Crippen LogP contribution in [0.1, 0.15) is 26.7 Å². The summed E-state index contributed by atoms with van der Waals surface area (Å²) >= 11 is -2.36. The van der Waals surface area contributed by atoms with Gasteiger partial charge in [-0.3, -0.25) is 0 Å². The molecule has 2 rings (SSSR count). The minimum absolute atomic E-state index is 0.241. The van der Waals surface area contributed by atoms with Crippen LogP contribution in [0.3, 0.4) is 0 Å². The molecule has 0 unspecified atom stereocenters. The van der Waals surface area contributed by atoms with Gasteiger partial charge in [-0.2, -0.15) is 14.2 Å². The molecule has 0 aromatic heterocycles. The van der Waals surface area contributed by atoms with Crippen LogP contribution in [0.5, 0.6) is 0 Å². The fourth-order valence-electron chi connectivity index (χ4n) is 3.44. The van der Waals surface area contributed by atoms with Crippen molar-refractivity contribution in [2.75, 3.05) is 14.2 Å². The second-order valence-corrected chi connectivity index (χ2v) is 28.5. The van der Waals surface area contributed by atoms with Crippen molar-refractivity contribution in [3.05, 3.63) is 43.0 Å². The van der Waals surface area contributed by atoms with Crippen molar-refractivity contribution in [2.45, 2.75) is 39.8 Å². The number of allylic oxidation sites excluding steroid dienone is 8. The molecule has 0 radical (unpaired) electrons. The first-order valence-corrected chi connectivity index (χ1v) is 17.1. The molecule has 0 saturated carbocycles. The normalized spacial score (nSPS) is 13.9. The molecule has 4 heteroatoms. The maximum absolute atomic E-state index is 8.25. The van der Waals surface area contributed by atoms with E-state index in [4.69, 9.17) is 10.2 Å². The largest absolute Gasteiger partial charge is 0.857 e. The van der Waals surface area contributed by atoms with E-state index in [0.717, 1.165) is 14.2 Å². The van der Waals surface area contributed by atoms with E-state index < -0.39 is 18.4 Å². The standard InChI is InChI=1S/2C5H5.C3H6.C2H6Si.2CH3O.Zr/c2*1-2-4-5-3-1;2*1-3-2;2*1-2;/h2*1-3H,4H2;2*1-2H3;2*1H3;/q;;;;2*-1;+2. The number of hydrogen-bond acceptors (Lipinski definition) is 2. The van der Waals surface area contributed by atoms with E-state index in [9.17, 15) is 0 Å². The molecule has 2 nitrogen and oxygen atoms in total. The van der Waals surface area contributed by atoms with Crippen molar-refractivity contribution >= 4 is 8.64 Å². The Hall–Kier alpha value is -0.150. The maximum atomic E-state index is 8.25. The van der Waals surface area contributed by atoms with Crippen LogP contribution >= 0.6 is 0 Å². The summed E-state index contributed by atoms with van der Waals surface area (Å²) < 4.78 is 5.43. The molecule has 0 aromatic carbocycles. The molecule has 0 aliphatic heterocycles. The molecule has 0 amide bonds. The van der Waals surface area contributed by atoms with Crippen molar-refractivity contribution in [1.82, 2.24) is 0 Å². The molecule has 116 valence electrons. The quantitative estimate of drug-likeness (QED) is 0.687. The predicted molar refractivity (Wildman–Crippen MR) is 89.4 cm³/mol. The van der Waals surface area contributed by atoms with Crippen molar-refractivity contribution in [2.24, 2.45) is 0 Å². The summed E-state index contributed by atoms with van der Waals surface area (Å²) in [5.74, 6) is 0. The van der Waals surface area contributed by atoms with Gasteiger partial charge in [0.2, 0.25) is 0 Å². The zero-order valence-electron chi connectivity index (χ0n) is 14.2. The Balaban J connectivity index is 0.000000921. The van der Waals surface area contributed by atoms with Gasteiger partial charge in [-0.25, -0.2) is 0 Å². The molecule has 0 spiro atoms. The molecule has 2 aliphatic rings. The maximum Gasteiger partial charge on any atom is -0.153 e. The van der Waals surface area contributed by atoms with E-state index in [1.165, 1.54) is 12.8 Å². The third-order valence-electron chi connectivity index (χ3n) is 4.01. The third-order valence-corrected chi connectivity index (χ3v) is 33.6. The van der Waals surface area contributed by atoms with Gasteiger partial charge in [0, 0.05) is 0 Å². The predicted octanol–water partition coefficient (Wildman–Crippen LogP) is 2.24. The average molecular weight is 384 g/mol. The fraction of sp³-hybridized carbons (Fsp3) is 0.471. The van der Waals surface area contributed by atoms with Crippen LogP contribution in [0.15, 0.2) is 43.0 Å².